The van der Waals surface area contributed by atoms with Gasteiger partial charge in [-0.15, -0.1) is 0 Å². The molecule has 0 spiro atoms. The molecule has 0 radical (unpaired) electrons. The molecule has 1 aromatic rings. The van der Waals surface area contributed by atoms with E-state index in [-0.39, 0.29) is 10.8 Å². The first-order valence-corrected chi connectivity index (χ1v) is 6.51. The molecule has 2 unspecified atom stereocenters. The van der Waals surface area contributed by atoms with Crippen molar-refractivity contribution in [2.75, 3.05) is 5.75 Å². The zero-order valence-corrected chi connectivity index (χ0v) is 10.4. The van der Waals surface area contributed by atoms with Crippen LogP contribution in [0.25, 0.3) is 0 Å². The molecule has 1 saturated heterocycles. The second-order valence-corrected chi connectivity index (χ2v) is 5.83. The molecule has 2 atom stereocenters. The monoisotopic (exact) mass is 280 g/mol. The number of hydrogen-bond donors (Lipinski definition) is 1. The second kappa shape index (κ2) is 4.42. The van der Waals surface area contributed by atoms with Crippen molar-refractivity contribution in [3.63, 3.8) is 0 Å². The molecule has 1 aromatic carbocycles. The van der Waals surface area contributed by atoms with Crippen LogP contribution in [0.4, 0.5) is 17.6 Å². The molecule has 2 rings (SSSR count). The largest absolute Gasteiger partial charge is 0.419 e. The number of hydrogen-bond acceptors (Lipinski definition) is 2. The molecular formula is C12H12F4OS. The number of halogens is 4. The van der Waals surface area contributed by atoms with E-state index in [0.29, 0.717) is 12.2 Å². The Hall–Kier alpha value is -0.750. The lowest BCUT2D eigenvalue weighted by Crippen LogP contribution is -2.31. The van der Waals surface area contributed by atoms with Crippen molar-refractivity contribution in [3.8, 4) is 0 Å². The zero-order valence-electron chi connectivity index (χ0n) is 9.59. The molecule has 6 heteroatoms. The van der Waals surface area contributed by atoms with Crippen LogP contribution in [0.5, 0.6) is 0 Å². The third kappa shape index (κ3) is 2.23. The van der Waals surface area contributed by atoms with Crippen molar-refractivity contribution in [1.82, 2.24) is 0 Å². The molecule has 0 amide bonds. The van der Waals surface area contributed by atoms with Gasteiger partial charge in [0, 0.05) is 5.25 Å². The van der Waals surface area contributed by atoms with Crippen LogP contribution in [0.1, 0.15) is 24.5 Å². The summed E-state index contributed by atoms with van der Waals surface area (Å²) in [6.45, 7) is 1.76. The Morgan fingerprint density at radius 2 is 2.06 bits per heavy atom. The molecular weight excluding hydrogens is 268 g/mol. The number of alkyl halides is 3. The molecule has 1 aliphatic rings. The molecule has 0 saturated carbocycles. The number of aliphatic hydroxyl groups is 1. The lowest BCUT2D eigenvalue weighted by atomic mass is 9.87. The van der Waals surface area contributed by atoms with E-state index in [1.807, 2.05) is 0 Å². The van der Waals surface area contributed by atoms with Crippen LogP contribution >= 0.6 is 11.8 Å². The molecule has 18 heavy (non-hydrogen) atoms. The highest BCUT2D eigenvalue weighted by molar-refractivity contribution is 8.00. The number of thioether (sulfide) groups is 1. The Labute approximate surface area is 106 Å². The van der Waals surface area contributed by atoms with Gasteiger partial charge in [0.25, 0.3) is 0 Å². The van der Waals surface area contributed by atoms with Crippen molar-refractivity contribution >= 4 is 11.8 Å². The summed E-state index contributed by atoms with van der Waals surface area (Å²) < 4.78 is 51.0. The van der Waals surface area contributed by atoms with Crippen molar-refractivity contribution in [2.24, 2.45) is 0 Å². The minimum atomic E-state index is -4.74. The van der Waals surface area contributed by atoms with Gasteiger partial charge in [0.2, 0.25) is 0 Å². The minimum Gasteiger partial charge on any atom is -0.384 e. The average Bonchev–Trinajstić information content (AvgIpc) is 2.59. The summed E-state index contributed by atoms with van der Waals surface area (Å²) in [5.41, 5.74) is -2.50. The Morgan fingerprint density at radius 1 is 1.39 bits per heavy atom. The standard InChI is InChI=1S/C12H12F4OS/c1-7-11(17,4-5-18-7)8-2-3-10(13)9(6-8)12(14,15)16/h2-3,6-7,17H,4-5H2,1H3. The summed E-state index contributed by atoms with van der Waals surface area (Å²) in [5.74, 6) is -0.635. The summed E-state index contributed by atoms with van der Waals surface area (Å²) in [7, 11) is 0. The Morgan fingerprint density at radius 3 is 2.56 bits per heavy atom. The summed E-state index contributed by atoms with van der Waals surface area (Å²) in [4.78, 5) is 0. The van der Waals surface area contributed by atoms with Gasteiger partial charge in [0.15, 0.2) is 0 Å². The van der Waals surface area contributed by atoms with E-state index < -0.39 is 23.2 Å². The fourth-order valence-corrected chi connectivity index (χ4v) is 3.44. The first-order chi connectivity index (χ1) is 8.25. The van der Waals surface area contributed by atoms with Crippen molar-refractivity contribution in [1.29, 1.82) is 0 Å². The predicted octanol–water partition coefficient (Wildman–Crippen LogP) is 3.56. The van der Waals surface area contributed by atoms with E-state index >= 15 is 0 Å². The van der Waals surface area contributed by atoms with Gasteiger partial charge in [0.1, 0.15) is 11.4 Å². The molecule has 1 aliphatic heterocycles. The van der Waals surface area contributed by atoms with Crippen LogP contribution in [0.15, 0.2) is 18.2 Å². The highest BCUT2D eigenvalue weighted by Gasteiger charge is 2.42. The van der Waals surface area contributed by atoms with Crippen LogP contribution < -0.4 is 0 Å². The average molecular weight is 280 g/mol. The Kier molecular flexibility index (Phi) is 3.36. The van der Waals surface area contributed by atoms with Gasteiger partial charge in [0.05, 0.1) is 5.56 Å². The fourth-order valence-electron chi connectivity index (χ4n) is 2.12. The molecule has 100 valence electrons. The van der Waals surface area contributed by atoms with Gasteiger partial charge in [-0.05, 0) is 29.9 Å². The highest BCUT2D eigenvalue weighted by atomic mass is 32.2. The first-order valence-electron chi connectivity index (χ1n) is 5.46. The van der Waals surface area contributed by atoms with Crippen molar-refractivity contribution in [3.05, 3.63) is 35.1 Å². The minimum absolute atomic E-state index is 0.133. The van der Waals surface area contributed by atoms with Crippen LogP contribution in [0.2, 0.25) is 0 Å². The van der Waals surface area contributed by atoms with Crippen molar-refractivity contribution < 1.29 is 22.7 Å². The van der Waals surface area contributed by atoms with Gasteiger partial charge in [-0.1, -0.05) is 13.0 Å². The molecule has 1 nitrogen and oxygen atoms in total. The lowest BCUT2D eigenvalue weighted by molar-refractivity contribution is -0.140. The van der Waals surface area contributed by atoms with Crippen LogP contribution in [-0.2, 0) is 11.8 Å². The van der Waals surface area contributed by atoms with Crippen LogP contribution in [0.3, 0.4) is 0 Å². The number of rotatable bonds is 1. The van der Waals surface area contributed by atoms with Crippen LogP contribution in [0, 0.1) is 5.82 Å². The molecule has 0 bridgehead atoms. The van der Waals surface area contributed by atoms with Gasteiger partial charge in [-0.2, -0.15) is 24.9 Å². The lowest BCUT2D eigenvalue weighted by Gasteiger charge is -2.28. The highest BCUT2D eigenvalue weighted by Crippen LogP contribution is 2.44. The second-order valence-electron chi connectivity index (χ2n) is 4.38. The van der Waals surface area contributed by atoms with Gasteiger partial charge in [-0.25, -0.2) is 4.39 Å². The van der Waals surface area contributed by atoms with E-state index in [2.05, 4.69) is 0 Å². The quantitative estimate of drug-likeness (QED) is 0.794. The SMILES string of the molecule is CC1SCCC1(O)c1ccc(F)c(C(F)(F)F)c1. The van der Waals surface area contributed by atoms with E-state index in [9.17, 15) is 22.7 Å². The zero-order chi connectivity index (χ0) is 13.6. The molecule has 1 N–H and O–H groups in total. The van der Waals surface area contributed by atoms with Crippen LogP contribution in [-0.4, -0.2) is 16.1 Å². The Bertz CT molecular complexity index is 460. The van der Waals surface area contributed by atoms with Gasteiger partial charge < -0.3 is 5.11 Å². The fraction of sp³-hybridized carbons (Fsp3) is 0.500. The van der Waals surface area contributed by atoms with Gasteiger partial charge >= 0.3 is 6.18 Å². The molecule has 1 fully saturated rings. The third-order valence-corrected chi connectivity index (χ3v) is 4.62. The summed E-state index contributed by atoms with van der Waals surface area (Å²) in [5, 5.41) is 10.2. The normalized spacial score (nSPS) is 28.7. The summed E-state index contributed by atoms with van der Waals surface area (Å²) >= 11 is 1.49. The maximum absolute atomic E-state index is 13.2. The number of benzene rings is 1. The maximum Gasteiger partial charge on any atom is 0.419 e. The van der Waals surface area contributed by atoms with E-state index in [4.69, 9.17) is 0 Å². The maximum atomic E-state index is 13.2. The van der Waals surface area contributed by atoms with Gasteiger partial charge in [-0.3, -0.25) is 0 Å². The summed E-state index contributed by atoms with van der Waals surface area (Å²) in [6.07, 6.45) is -4.37. The first kappa shape index (κ1) is 13.7. The Balaban J connectivity index is 2.48. The van der Waals surface area contributed by atoms with E-state index in [1.54, 1.807) is 6.92 Å². The predicted molar refractivity (Wildman–Crippen MR) is 61.8 cm³/mol. The molecule has 0 aromatic heterocycles. The van der Waals surface area contributed by atoms with E-state index in [0.717, 1.165) is 12.1 Å². The molecule has 0 aliphatic carbocycles. The van der Waals surface area contributed by atoms with Crippen molar-refractivity contribution in [2.45, 2.75) is 30.4 Å². The smallest absolute Gasteiger partial charge is 0.384 e. The summed E-state index contributed by atoms with van der Waals surface area (Å²) in [6, 6.07) is 2.72. The van der Waals surface area contributed by atoms with E-state index in [1.165, 1.54) is 17.8 Å². The third-order valence-electron chi connectivity index (χ3n) is 3.30. The molecule has 1 heterocycles. The topological polar surface area (TPSA) is 20.2 Å².